The zero-order valence-electron chi connectivity index (χ0n) is 13.7. The van der Waals surface area contributed by atoms with Gasteiger partial charge < -0.3 is 0 Å². The molecule has 0 aromatic heterocycles. The fourth-order valence-electron chi connectivity index (χ4n) is 2.14. The average Bonchev–Trinajstić information content (AvgIpc) is 2.70. The molecule has 0 spiro atoms. The maximum absolute atomic E-state index is 3.37. The molecule has 0 saturated carbocycles. The van der Waals surface area contributed by atoms with Crippen molar-refractivity contribution in [2.45, 2.75) is 0 Å². The molecule has 0 amide bonds. The number of hydrogen-bond acceptors (Lipinski definition) is 0. The van der Waals surface area contributed by atoms with Crippen LogP contribution in [0.4, 0.5) is 0 Å². The summed E-state index contributed by atoms with van der Waals surface area (Å²) in [6, 6.07) is 30.1. The molecule has 0 radical (unpaired) electrons. The molecule has 114 valence electrons. The molecule has 0 heterocycles. The summed E-state index contributed by atoms with van der Waals surface area (Å²) in [7, 11) is 0. The van der Waals surface area contributed by atoms with Gasteiger partial charge in [-0.25, -0.2) is 0 Å². The second-order valence-electron chi connectivity index (χ2n) is 5.34. The average molecular weight is 373 g/mol. The number of rotatable bonds is 0. The summed E-state index contributed by atoms with van der Waals surface area (Å²) in [4.78, 5) is 0. The van der Waals surface area contributed by atoms with Crippen molar-refractivity contribution in [3.63, 3.8) is 0 Å². The quantitative estimate of drug-likeness (QED) is 0.408. The van der Waals surface area contributed by atoms with E-state index >= 15 is 0 Å². The molecule has 0 aliphatic carbocycles. The molecule has 0 atom stereocenters. The van der Waals surface area contributed by atoms with E-state index in [1.165, 1.54) is 0 Å². The normalized spacial score (nSPS) is 8.64. The fourth-order valence-corrected chi connectivity index (χ4v) is 4.55. The van der Waals surface area contributed by atoms with Crippen LogP contribution in [0.15, 0.2) is 91.0 Å². The Morgan fingerprint density at radius 2 is 0.680 bits per heavy atom. The van der Waals surface area contributed by atoms with E-state index in [1.54, 1.807) is 0 Å². The molecule has 3 aromatic rings. The monoisotopic (exact) mass is 372 g/mol. The number of hydrogen-bond donors (Lipinski definition) is 0. The van der Waals surface area contributed by atoms with Gasteiger partial charge in [0.2, 0.25) is 0 Å². The summed E-state index contributed by atoms with van der Waals surface area (Å²) in [6.07, 6.45) is 0. The molecule has 0 unspecified atom stereocenters. The van der Waals surface area contributed by atoms with Crippen LogP contribution in [0, 0.1) is 31.2 Å². The van der Waals surface area contributed by atoms with Gasteiger partial charge in [-0.05, 0) is 0 Å². The molecule has 0 fully saturated rings. The van der Waals surface area contributed by atoms with E-state index in [4.69, 9.17) is 0 Å². The van der Waals surface area contributed by atoms with Gasteiger partial charge >= 0.3 is 155 Å². The molecule has 0 nitrogen and oxygen atoms in total. The predicted octanol–water partition coefficient (Wildman–Crippen LogP) is 4.25. The maximum atomic E-state index is 3.37. The molecule has 0 saturated heterocycles. The van der Waals surface area contributed by atoms with Crippen LogP contribution in [-0.2, 0) is 0 Å². The van der Waals surface area contributed by atoms with Gasteiger partial charge in [-0.2, -0.15) is 0 Å². The molecule has 0 aliphatic rings. The molecule has 1 heteroatoms. The summed E-state index contributed by atoms with van der Waals surface area (Å²) >= 11 is -2.36. The van der Waals surface area contributed by atoms with Crippen LogP contribution in [0.1, 0.15) is 16.7 Å². The van der Waals surface area contributed by atoms with Crippen LogP contribution in [0.2, 0.25) is 0 Å². The van der Waals surface area contributed by atoms with Gasteiger partial charge in [0, 0.05) is 0 Å². The van der Waals surface area contributed by atoms with Crippen molar-refractivity contribution >= 4 is 16.2 Å². The zero-order chi connectivity index (χ0) is 17.2. The van der Waals surface area contributed by atoms with Gasteiger partial charge in [0.1, 0.15) is 0 Å². The van der Waals surface area contributed by atoms with Crippen molar-refractivity contribution in [2.24, 2.45) is 0 Å². The molecule has 0 bridgehead atoms. The van der Waals surface area contributed by atoms with Crippen molar-refractivity contribution in [1.82, 2.24) is 0 Å². The Kier molecular flexibility index (Phi) is 6.27. The van der Waals surface area contributed by atoms with Crippen LogP contribution in [0.3, 0.4) is 0 Å². The molecule has 25 heavy (non-hydrogen) atoms. The van der Waals surface area contributed by atoms with Gasteiger partial charge in [-0.15, -0.1) is 0 Å². The van der Waals surface area contributed by atoms with Crippen LogP contribution in [0.5, 0.6) is 0 Å². The number of benzene rings is 3. The van der Waals surface area contributed by atoms with Crippen LogP contribution in [-0.4, -0.2) is 16.2 Å². The van der Waals surface area contributed by atoms with E-state index in [-0.39, 0.29) is 0 Å². The molecule has 3 rings (SSSR count). The molecular weight excluding hydrogens is 358 g/mol. The third-order valence-corrected chi connectivity index (χ3v) is 6.13. The minimum absolute atomic E-state index is 1.01. The Bertz CT molecular complexity index is 850. The van der Waals surface area contributed by atoms with Gasteiger partial charge in [0.25, 0.3) is 0 Å². The van der Waals surface area contributed by atoms with Crippen molar-refractivity contribution in [3.8, 4) is 31.2 Å². The summed E-state index contributed by atoms with van der Waals surface area (Å²) in [6.45, 7) is 0. The standard InChI is InChI=1S/3C8H5.Ga/c3*1-2-8-6-4-3-5-7-8;/h3*3-7H;. The summed E-state index contributed by atoms with van der Waals surface area (Å²) in [5.41, 5.74) is 3.04. The van der Waals surface area contributed by atoms with E-state index < -0.39 is 16.2 Å². The van der Waals surface area contributed by atoms with Crippen molar-refractivity contribution in [1.29, 1.82) is 0 Å². The molecule has 3 aromatic carbocycles. The van der Waals surface area contributed by atoms with Crippen LogP contribution >= 0.6 is 0 Å². The van der Waals surface area contributed by atoms with Gasteiger partial charge in [-0.3, -0.25) is 0 Å². The van der Waals surface area contributed by atoms with Gasteiger partial charge in [0.15, 0.2) is 0 Å². The molecule has 0 aliphatic heterocycles. The Balaban J connectivity index is 1.88. The second-order valence-corrected chi connectivity index (χ2v) is 8.97. The second kappa shape index (κ2) is 9.32. The minimum atomic E-state index is -2.36. The SMILES string of the molecule is C(#[C][Ga]([C]#Cc1ccccc1)[C]#Cc1ccccc1)c1ccccc1. The van der Waals surface area contributed by atoms with Crippen molar-refractivity contribution in [2.75, 3.05) is 0 Å². The van der Waals surface area contributed by atoms with Crippen LogP contribution < -0.4 is 0 Å². The summed E-state index contributed by atoms with van der Waals surface area (Å²) in [5.74, 6) is 9.74. The third-order valence-electron chi connectivity index (χ3n) is 3.40. The van der Waals surface area contributed by atoms with E-state index in [1.807, 2.05) is 91.0 Å². The first-order chi connectivity index (χ1) is 12.4. The first kappa shape index (κ1) is 16.8. The van der Waals surface area contributed by atoms with E-state index in [9.17, 15) is 0 Å². The fraction of sp³-hybridized carbons (Fsp3) is 0. The molecule has 0 N–H and O–H groups in total. The van der Waals surface area contributed by atoms with E-state index in [0.717, 1.165) is 16.7 Å². The Labute approximate surface area is 155 Å². The third kappa shape index (κ3) is 5.84. The van der Waals surface area contributed by atoms with Gasteiger partial charge in [0.05, 0.1) is 0 Å². The summed E-state index contributed by atoms with van der Waals surface area (Å²) < 4.78 is 10.1. The first-order valence-corrected chi connectivity index (χ1v) is 11.7. The Morgan fingerprint density at radius 1 is 0.400 bits per heavy atom. The first-order valence-electron chi connectivity index (χ1n) is 8.10. The summed E-state index contributed by atoms with van der Waals surface area (Å²) in [5, 5.41) is 0. The topological polar surface area (TPSA) is 0 Å². The van der Waals surface area contributed by atoms with E-state index in [2.05, 4.69) is 31.2 Å². The van der Waals surface area contributed by atoms with E-state index in [0.29, 0.717) is 0 Å². The van der Waals surface area contributed by atoms with Gasteiger partial charge in [-0.1, -0.05) is 0 Å². The predicted molar refractivity (Wildman–Crippen MR) is 106 cm³/mol. The Hall–Kier alpha value is -3.02. The van der Waals surface area contributed by atoms with Crippen LogP contribution in [0.25, 0.3) is 0 Å². The Morgan fingerprint density at radius 3 is 0.960 bits per heavy atom. The zero-order valence-corrected chi connectivity index (χ0v) is 16.2. The van der Waals surface area contributed by atoms with Crippen molar-refractivity contribution < 1.29 is 0 Å². The molecular formula is C24H15Ga. The van der Waals surface area contributed by atoms with Crippen molar-refractivity contribution in [3.05, 3.63) is 108 Å².